The number of nitrogens with one attached hydrogen (secondary N) is 1. The smallest absolute Gasteiger partial charge is 0.425 e. The van der Waals surface area contributed by atoms with Gasteiger partial charge in [0.15, 0.2) is 11.9 Å². The van der Waals surface area contributed by atoms with Gasteiger partial charge >= 0.3 is 11.9 Å². The second-order valence-electron chi connectivity index (χ2n) is 7.88. The van der Waals surface area contributed by atoms with E-state index in [-0.39, 0.29) is 37.2 Å². The molecule has 1 N–H and O–H groups in total. The number of aryl methyl sites for hydroxylation is 1. The number of methoxy groups -OCH3 is 1. The van der Waals surface area contributed by atoms with Gasteiger partial charge in [-0.05, 0) is 31.5 Å². The number of ether oxygens (including phenoxy) is 3. The van der Waals surface area contributed by atoms with Crippen molar-refractivity contribution in [1.29, 1.82) is 0 Å². The summed E-state index contributed by atoms with van der Waals surface area (Å²) >= 11 is 0. The highest BCUT2D eigenvalue weighted by Gasteiger charge is 2.39. The Labute approximate surface area is 201 Å². The van der Waals surface area contributed by atoms with Crippen LogP contribution in [-0.4, -0.2) is 51.2 Å². The number of carbonyl (C=O) groups is 1. The van der Waals surface area contributed by atoms with Crippen molar-refractivity contribution < 1.29 is 36.6 Å². The average molecular weight is 511 g/mol. The predicted molar refractivity (Wildman–Crippen MR) is 117 cm³/mol. The Hall–Kier alpha value is -3.94. The van der Waals surface area contributed by atoms with Crippen molar-refractivity contribution >= 4 is 11.6 Å². The SMILES string of the molecule is COc1nccc(C)c1NC(=O)c1cc(F)c(-n2nc3n(c2=O)CCOC3)cc1O[C@@H](C)C(F)(F)F. The fraction of sp³-hybridized carbons (Fsp3) is 0.364. The Balaban J connectivity index is 1.81. The number of anilines is 1. The van der Waals surface area contributed by atoms with Crippen molar-refractivity contribution in [2.45, 2.75) is 39.3 Å². The van der Waals surface area contributed by atoms with Crippen LogP contribution in [-0.2, 0) is 17.9 Å². The maximum atomic E-state index is 15.2. The van der Waals surface area contributed by atoms with Gasteiger partial charge in [-0.3, -0.25) is 9.36 Å². The molecule has 36 heavy (non-hydrogen) atoms. The third-order valence-corrected chi connectivity index (χ3v) is 5.47. The number of hydrogen-bond donors (Lipinski definition) is 1. The Kier molecular flexibility index (Phi) is 6.71. The van der Waals surface area contributed by atoms with E-state index in [1.54, 1.807) is 13.0 Å². The van der Waals surface area contributed by atoms with Crippen molar-refractivity contribution in [3.63, 3.8) is 0 Å². The van der Waals surface area contributed by atoms with E-state index in [9.17, 15) is 22.8 Å². The molecule has 1 aromatic carbocycles. The number of carbonyl (C=O) groups excluding carboxylic acids is 1. The van der Waals surface area contributed by atoms with Crippen molar-refractivity contribution in [3.05, 3.63) is 57.6 Å². The van der Waals surface area contributed by atoms with Crippen LogP contribution < -0.4 is 20.5 Å². The van der Waals surface area contributed by atoms with E-state index in [1.807, 2.05) is 0 Å². The largest absolute Gasteiger partial charge is 0.480 e. The van der Waals surface area contributed by atoms with Crippen LogP contribution >= 0.6 is 0 Å². The minimum atomic E-state index is -4.78. The zero-order valence-corrected chi connectivity index (χ0v) is 19.4. The summed E-state index contributed by atoms with van der Waals surface area (Å²) in [7, 11) is 1.32. The molecule has 3 aromatic rings. The maximum Gasteiger partial charge on any atom is 0.425 e. The van der Waals surface area contributed by atoms with Crippen LogP contribution in [0.5, 0.6) is 11.6 Å². The van der Waals surface area contributed by atoms with Gasteiger partial charge in [-0.15, -0.1) is 5.10 Å². The molecule has 0 saturated carbocycles. The molecule has 3 heterocycles. The lowest BCUT2D eigenvalue weighted by molar-refractivity contribution is -0.189. The summed E-state index contributed by atoms with van der Waals surface area (Å²) < 4.78 is 72.4. The molecular weight excluding hydrogens is 490 g/mol. The predicted octanol–water partition coefficient (Wildman–Crippen LogP) is 3.00. The van der Waals surface area contributed by atoms with Crippen molar-refractivity contribution in [1.82, 2.24) is 19.3 Å². The molecule has 192 valence electrons. The minimum absolute atomic E-state index is 0.00507. The molecule has 0 saturated heterocycles. The molecule has 0 bridgehead atoms. The van der Waals surface area contributed by atoms with Gasteiger partial charge in [-0.1, -0.05) is 0 Å². The van der Waals surface area contributed by atoms with Gasteiger partial charge in [0.05, 0.1) is 25.8 Å². The topological polar surface area (TPSA) is 110 Å². The first-order valence-corrected chi connectivity index (χ1v) is 10.7. The zero-order chi connectivity index (χ0) is 26.2. The molecule has 0 unspecified atom stereocenters. The first-order valence-electron chi connectivity index (χ1n) is 10.7. The van der Waals surface area contributed by atoms with E-state index in [4.69, 9.17) is 14.2 Å². The number of aromatic nitrogens is 4. The molecule has 1 aliphatic rings. The Morgan fingerprint density at radius 1 is 1.31 bits per heavy atom. The van der Waals surface area contributed by atoms with Crippen molar-refractivity contribution in [2.24, 2.45) is 0 Å². The lowest BCUT2D eigenvalue weighted by Crippen LogP contribution is -2.32. The third kappa shape index (κ3) is 4.76. The number of alkyl halides is 3. The molecule has 1 amide bonds. The third-order valence-electron chi connectivity index (χ3n) is 5.47. The van der Waals surface area contributed by atoms with Gasteiger partial charge in [0, 0.05) is 12.3 Å². The molecule has 10 nitrogen and oxygen atoms in total. The fourth-order valence-corrected chi connectivity index (χ4v) is 3.50. The number of rotatable bonds is 6. The lowest BCUT2D eigenvalue weighted by atomic mass is 10.1. The molecule has 0 radical (unpaired) electrons. The second-order valence-corrected chi connectivity index (χ2v) is 7.88. The van der Waals surface area contributed by atoms with Crippen LogP contribution in [0.25, 0.3) is 5.69 Å². The van der Waals surface area contributed by atoms with Gasteiger partial charge in [-0.2, -0.15) is 17.9 Å². The van der Waals surface area contributed by atoms with Gasteiger partial charge in [0.2, 0.25) is 5.88 Å². The molecule has 1 aliphatic heterocycles. The van der Waals surface area contributed by atoms with E-state index >= 15 is 4.39 Å². The number of pyridine rings is 1. The maximum absolute atomic E-state index is 15.2. The van der Waals surface area contributed by atoms with Crippen LogP contribution in [0.1, 0.15) is 28.7 Å². The van der Waals surface area contributed by atoms with Crippen LogP contribution in [0, 0.1) is 12.7 Å². The van der Waals surface area contributed by atoms with E-state index in [0.717, 1.165) is 13.0 Å². The number of hydrogen-bond acceptors (Lipinski definition) is 7. The number of nitrogens with zero attached hydrogens (tertiary/aromatic N) is 4. The molecule has 0 fully saturated rings. The van der Waals surface area contributed by atoms with Crippen LogP contribution in [0.2, 0.25) is 0 Å². The van der Waals surface area contributed by atoms with E-state index in [1.165, 1.54) is 17.9 Å². The Morgan fingerprint density at radius 2 is 2.06 bits per heavy atom. The molecule has 14 heteroatoms. The van der Waals surface area contributed by atoms with Crippen LogP contribution in [0.3, 0.4) is 0 Å². The zero-order valence-electron chi connectivity index (χ0n) is 19.4. The summed E-state index contributed by atoms with van der Waals surface area (Å²) in [5.74, 6) is -2.41. The number of halogens is 4. The number of fused-ring (bicyclic) bond motifs is 1. The lowest BCUT2D eigenvalue weighted by Gasteiger charge is -2.21. The Bertz CT molecular complexity index is 1370. The molecule has 4 rings (SSSR count). The number of amides is 1. The van der Waals surface area contributed by atoms with Gasteiger partial charge in [0.25, 0.3) is 5.91 Å². The normalized spacial score (nSPS) is 14.2. The number of benzene rings is 1. The fourth-order valence-electron chi connectivity index (χ4n) is 3.50. The molecule has 0 aliphatic carbocycles. The van der Waals surface area contributed by atoms with Crippen LogP contribution in [0.15, 0.2) is 29.2 Å². The quantitative estimate of drug-likeness (QED) is 0.507. The highest BCUT2D eigenvalue weighted by Crippen LogP contribution is 2.32. The minimum Gasteiger partial charge on any atom is -0.480 e. The van der Waals surface area contributed by atoms with Crippen LogP contribution in [0.4, 0.5) is 23.2 Å². The van der Waals surface area contributed by atoms with Crippen molar-refractivity contribution in [2.75, 3.05) is 19.0 Å². The first kappa shape index (κ1) is 25.2. The van der Waals surface area contributed by atoms with Gasteiger partial charge < -0.3 is 19.5 Å². The van der Waals surface area contributed by atoms with Gasteiger partial charge in [0.1, 0.15) is 29.5 Å². The molecule has 2 aromatic heterocycles. The summed E-state index contributed by atoms with van der Waals surface area (Å²) in [6.07, 6.45) is -5.70. The van der Waals surface area contributed by atoms with E-state index in [0.29, 0.717) is 16.3 Å². The first-order chi connectivity index (χ1) is 17.0. The summed E-state index contributed by atoms with van der Waals surface area (Å²) in [4.78, 5) is 29.8. The molecule has 1 atom stereocenters. The summed E-state index contributed by atoms with van der Waals surface area (Å²) in [5.41, 5.74) is -1.07. The van der Waals surface area contributed by atoms with E-state index in [2.05, 4.69) is 15.4 Å². The second kappa shape index (κ2) is 9.60. The van der Waals surface area contributed by atoms with Crippen molar-refractivity contribution in [3.8, 4) is 17.3 Å². The summed E-state index contributed by atoms with van der Waals surface area (Å²) in [6, 6.07) is 3.09. The standard InChI is InChI=1S/C22H21F4N5O5/c1-11-4-5-27-20(34-3)18(11)28-19(32)13-8-14(23)15(9-16(13)36-12(2)22(24,25)26)31-21(33)30-6-7-35-10-17(30)29-31/h4-5,8-9,12H,6-7,10H2,1-3H3,(H,28,32)/t12-/m0/s1. The highest BCUT2D eigenvalue weighted by molar-refractivity contribution is 6.07. The van der Waals surface area contributed by atoms with Gasteiger partial charge in [-0.25, -0.2) is 14.2 Å². The average Bonchev–Trinajstić information content (AvgIpc) is 3.16. The summed E-state index contributed by atoms with van der Waals surface area (Å²) in [5, 5.41) is 6.50. The molecule has 0 spiro atoms. The summed E-state index contributed by atoms with van der Waals surface area (Å²) in [6.45, 7) is 2.80. The Morgan fingerprint density at radius 3 is 2.72 bits per heavy atom. The monoisotopic (exact) mass is 511 g/mol. The van der Waals surface area contributed by atoms with E-state index < -0.39 is 46.7 Å². The highest BCUT2D eigenvalue weighted by atomic mass is 19.4. The molecular formula is C22H21F4N5O5.